The van der Waals surface area contributed by atoms with Crippen molar-refractivity contribution in [3.05, 3.63) is 64.0 Å². The molecule has 31 heavy (non-hydrogen) atoms. The van der Waals surface area contributed by atoms with Crippen LogP contribution in [-0.4, -0.2) is 54.9 Å². The van der Waals surface area contributed by atoms with Gasteiger partial charge < -0.3 is 14.4 Å². The molecule has 4 rings (SSSR count). The number of hydrogen-bond acceptors (Lipinski definition) is 6. The molecule has 9 heteroatoms. The van der Waals surface area contributed by atoms with Crippen molar-refractivity contribution in [2.45, 2.75) is 0 Å². The Morgan fingerprint density at radius 1 is 1.06 bits per heavy atom. The number of halogens is 1. The summed E-state index contributed by atoms with van der Waals surface area (Å²) >= 11 is 6.76. The van der Waals surface area contributed by atoms with Crippen LogP contribution in [0.15, 0.2) is 53.4 Å². The number of ether oxygens (including phenoxy) is 2. The molecule has 0 aromatic heterocycles. The van der Waals surface area contributed by atoms with Crippen LogP contribution in [0.2, 0.25) is 5.02 Å². The summed E-state index contributed by atoms with van der Waals surface area (Å²) in [5.41, 5.74) is 1.22. The first kappa shape index (κ1) is 21.4. The van der Waals surface area contributed by atoms with Gasteiger partial charge in [-0.05, 0) is 59.8 Å². The van der Waals surface area contributed by atoms with Crippen molar-refractivity contribution in [3.63, 3.8) is 0 Å². The molecule has 2 aliphatic rings. The Labute approximate surface area is 188 Å². The third kappa shape index (κ3) is 5.10. The number of morpholine rings is 1. The van der Waals surface area contributed by atoms with Crippen molar-refractivity contribution in [1.29, 1.82) is 0 Å². The molecule has 2 aliphatic heterocycles. The van der Waals surface area contributed by atoms with E-state index in [0.29, 0.717) is 47.7 Å². The van der Waals surface area contributed by atoms with E-state index in [1.54, 1.807) is 59.5 Å². The van der Waals surface area contributed by atoms with E-state index < -0.39 is 0 Å². The zero-order valence-corrected chi connectivity index (χ0v) is 18.0. The summed E-state index contributed by atoms with van der Waals surface area (Å²) in [7, 11) is 0. The van der Waals surface area contributed by atoms with E-state index in [1.165, 1.54) is 0 Å². The molecule has 0 saturated carbocycles. The van der Waals surface area contributed by atoms with E-state index >= 15 is 0 Å². The normalized spacial score (nSPS) is 18.0. The van der Waals surface area contributed by atoms with Crippen LogP contribution in [0.1, 0.15) is 5.56 Å². The molecule has 2 aromatic rings. The molecule has 0 radical (unpaired) electrons. The van der Waals surface area contributed by atoms with Crippen molar-refractivity contribution >= 4 is 52.2 Å². The fourth-order valence-corrected chi connectivity index (χ4v) is 4.11. The number of carbonyl (C=O) groups excluding carboxylic acids is 3. The monoisotopic (exact) mass is 458 g/mol. The lowest BCUT2D eigenvalue weighted by molar-refractivity contribution is -0.137. The highest BCUT2D eigenvalue weighted by Gasteiger charge is 2.36. The molecule has 0 atom stereocenters. The smallest absolute Gasteiger partial charge is 0.298 e. The fourth-order valence-electron chi connectivity index (χ4n) is 3.14. The van der Waals surface area contributed by atoms with Crippen LogP contribution < -0.4 is 9.64 Å². The maximum absolute atomic E-state index is 12.7. The third-order valence-electron chi connectivity index (χ3n) is 4.78. The Morgan fingerprint density at radius 2 is 1.74 bits per heavy atom. The van der Waals surface area contributed by atoms with Crippen molar-refractivity contribution in [1.82, 2.24) is 4.90 Å². The quantitative estimate of drug-likeness (QED) is 0.634. The first-order chi connectivity index (χ1) is 15.0. The minimum Gasteiger partial charge on any atom is -0.484 e. The van der Waals surface area contributed by atoms with Crippen molar-refractivity contribution in [2.75, 3.05) is 37.8 Å². The highest BCUT2D eigenvalue weighted by atomic mass is 35.5. The van der Waals surface area contributed by atoms with E-state index in [2.05, 4.69) is 0 Å². The van der Waals surface area contributed by atoms with Gasteiger partial charge >= 0.3 is 0 Å². The molecular weight excluding hydrogens is 440 g/mol. The highest BCUT2D eigenvalue weighted by Crippen LogP contribution is 2.36. The van der Waals surface area contributed by atoms with Crippen LogP contribution >= 0.6 is 23.4 Å². The second-order valence-corrected chi connectivity index (χ2v) is 8.27. The number of benzene rings is 2. The highest BCUT2D eigenvalue weighted by molar-refractivity contribution is 8.19. The Morgan fingerprint density at radius 3 is 2.42 bits per heavy atom. The minimum atomic E-state index is -0.381. The molecule has 2 fully saturated rings. The Kier molecular flexibility index (Phi) is 6.60. The third-order valence-corrected chi connectivity index (χ3v) is 5.90. The average Bonchev–Trinajstić information content (AvgIpc) is 3.07. The predicted octanol–water partition coefficient (Wildman–Crippen LogP) is 3.82. The number of hydrogen-bond donors (Lipinski definition) is 0. The summed E-state index contributed by atoms with van der Waals surface area (Å²) in [4.78, 5) is 40.4. The van der Waals surface area contributed by atoms with Gasteiger partial charge in [-0.15, -0.1) is 0 Å². The SMILES string of the molecule is O=C(COc1ccc(/C=C2\SC(=O)N(c3ccc(Cl)cc3)C2=O)cc1)N1CCOCC1. The number of nitrogens with zero attached hydrogens (tertiary/aromatic N) is 2. The van der Waals surface area contributed by atoms with Crippen LogP contribution in [0.3, 0.4) is 0 Å². The standard InChI is InChI=1S/C22H19ClN2O5S/c23-16-3-5-17(6-4-16)25-21(27)19(31-22(25)28)13-15-1-7-18(8-2-15)30-14-20(26)24-9-11-29-12-10-24/h1-8,13H,9-12,14H2/b19-13-. The maximum Gasteiger partial charge on any atom is 0.298 e. The van der Waals surface area contributed by atoms with Gasteiger partial charge in [-0.3, -0.25) is 14.4 Å². The van der Waals surface area contributed by atoms with Crippen LogP contribution in [0.25, 0.3) is 6.08 Å². The van der Waals surface area contributed by atoms with Crippen molar-refractivity contribution in [3.8, 4) is 5.75 Å². The van der Waals surface area contributed by atoms with E-state index in [-0.39, 0.29) is 23.7 Å². The van der Waals surface area contributed by atoms with E-state index in [9.17, 15) is 14.4 Å². The minimum absolute atomic E-state index is 0.0423. The fraction of sp³-hybridized carbons (Fsp3) is 0.227. The molecule has 0 N–H and O–H groups in total. The Balaban J connectivity index is 1.38. The summed E-state index contributed by atoms with van der Waals surface area (Å²) in [5.74, 6) is 0.0880. The molecule has 0 unspecified atom stereocenters. The lowest BCUT2D eigenvalue weighted by Crippen LogP contribution is -2.42. The van der Waals surface area contributed by atoms with Gasteiger partial charge in [0.05, 0.1) is 23.8 Å². The summed E-state index contributed by atoms with van der Waals surface area (Å²) < 4.78 is 10.8. The summed E-state index contributed by atoms with van der Waals surface area (Å²) in [6.45, 7) is 2.20. The van der Waals surface area contributed by atoms with Gasteiger partial charge in [-0.25, -0.2) is 4.90 Å². The zero-order valence-electron chi connectivity index (χ0n) is 16.5. The molecule has 0 spiro atoms. The summed E-state index contributed by atoms with van der Waals surface area (Å²) in [6.07, 6.45) is 1.66. The molecule has 2 saturated heterocycles. The van der Waals surface area contributed by atoms with Gasteiger partial charge in [0.1, 0.15) is 5.75 Å². The topological polar surface area (TPSA) is 76.2 Å². The Bertz CT molecular complexity index is 1020. The number of imide groups is 1. The van der Waals surface area contributed by atoms with E-state index in [1.807, 2.05) is 0 Å². The van der Waals surface area contributed by atoms with Gasteiger partial charge in [0, 0.05) is 18.1 Å². The second kappa shape index (κ2) is 9.55. The number of amides is 3. The first-order valence-corrected chi connectivity index (χ1v) is 10.8. The van der Waals surface area contributed by atoms with Gasteiger partial charge in [0.25, 0.3) is 17.1 Å². The number of thioether (sulfide) groups is 1. The van der Waals surface area contributed by atoms with Gasteiger partial charge in [0.15, 0.2) is 6.61 Å². The number of carbonyl (C=O) groups is 3. The molecule has 2 aromatic carbocycles. The van der Waals surface area contributed by atoms with Gasteiger partial charge in [0.2, 0.25) is 0 Å². The molecular formula is C22H19ClN2O5S. The second-order valence-electron chi connectivity index (χ2n) is 6.84. The number of rotatable bonds is 5. The van der Waals surface area contributed by atoms with Crippen molar-refractivity contribution in [2.24, 2.45) is 0 Å². The Hall–Kier alpha value is -2.81. The largest absolute Gasteiger partial charge is 0.484 e. The summed E-state index contributed by atoms with van der Waals surface area (Å²) in [5, 5.41) is 0.167. The zero-order chi connectivity index (χ0) is 21.8. The lowest BCUT2D eigenvalue weighted by atomic mass is 10.2. The molecule has 7 nitrogen and oxygen atoms in total. The van der Waals surface area contributed by atoms with Gasteiger partial charge in [-0.1, -0.05) is 23.7 Å². The van der Waals surface area contributed by atoms with E-state index in [4.69, 9.17) is 21.1 Å². The molecule has 2 heterocycles. The first-order valence-electron chi connectivity index (χ1n) is 9.63. The van der Waals surface area contributed by atoms with Crippen LogP contribution in [0, 0.1) is 0 Å². The van der Waals surface area contributed by atoms with Crippen LogP contribution in [0.4, 0.5) is 10.5 Å². The van der Waals surface area contributed by atoms with Crippen LogP contribution in [0.5, 0.6) is 5.75 Å². The predicted molar refractivity (Wildman–Crippen MR) is 119 cm³/mol. The van der Waals surface area contributed by atoms with E-state index in [0.717, 1.165) is 22.2 Å². The average molecular weight is 459 g/mol. The molecule has 0 bridgehead atoms. The molecule has 3 amide bonds. The van der Waals surface area contributed by atoms with Crippen LogP contribution in [-0.2, 0) is 14.3 Å². The van der Waals surface area contributed by atoms with Gasteiger partial charge in [-0.2, -0.15) is 0 Å². The lowest BCUT2D eigenvalue weighted by Gasteiger charge is -2.26. The molecule has 160 valence electrons. The molecule has 0 aliphatic carbocycles. The summed E-state index contributed by atoms with van der Waals surface area (Å²) in [6, 6.07) is 13.5. The van der Waals surface area contributed by atoms with Crippen molar-refractivity contribution < 1.29 is 23.9 Å². The number of anilines is 1. The maximum atomic E-state index is 12.7.